The zero-order valence-electron chi connectivity index (χ0n) is 20.3. The lowest BCUT2D eigenvalue weighted by molar-refractivity contribution is -0.576. The summed E-state index contributed by atoms with van der Waals surface area (Å²) in [6.07, 6.45) is 4.59. The van der Waals surface area contributed by atoms with Crippen LogP contribution < -0.4 is 19.8 Å². The molecule has 0 atom stereocenters. The van der Waals surface area contributed by atoms with Crippen LogP contribution in [0.25, 0.3) is 17.0 Å². The molecule has 3 heterocycles. The monoisotopic (exact) mass is 515 g/mol. The molecule has 8 nitrogen and oxygen atoms in total. The van der Waals surface area contributed by atoms with Gasteiger partial charge >= 0.3 is 5.91 Å². The maximum atomic E-state index is 14.0. The number of benzene rings is 2. The molecule has 2 aromatic carbocycles. The topological polar surface area (TPSA) is 88.3 Å². The third kappa shape index (κ3) is 4.25. The summed E-state index contributed by atoms with van der Waals surface area (Å²) < 4.78 is 8.17. The highest BCUT2D eigenvalue weighted by molar-refractivity contribution is 6.53. The second kappa shape index (κ2) is 9.91. The number of carbonyl (C=O) groups is 2. The first-order valence-corrected chi connectivity index (χ1v) is 12.2. The minimum atomic E-state index is -0.571. The fourth-order valence-electron chi connectivity index (χ4n) is 4.44. The van der Waals surface area contributed by atoms with Crippen molar-refractivity contribution in [1.82, 2.24) is 9.78 Å². The molecule has 0 bridgehead atoms. The Balaban J connectivity index is 1.74. The van der Waals surface area contributed by atoms with Gasteiger partial charge in [-0.15, -0.1) is 0 Å². The number of hydrogen-bond acceptors (Lipinski definition) is 4. The van der Waals surface area contributed by atoms with E-state index in [1.54, 1.807) is 77.6 Å². The van der Waals surface area contributed by atoms with Gasteiger partial charge in [-0.25, -0.2) is 9.58 Å². The lowest BCUT2D eigenvalue weighted by atomic mass is 10.0. The summed E-state index contributed by atoms with van der Waals surface area (Å²) >= 11 is 6.04. The Kier molecular flexibility index (Phi) is 6.50. The van der Waals surface area contributed by atoms with Gasteiger partial charge in [-0.2, -0.15) is 4.57 Å². The Hall–Kier alpha value is -4.43. The fraction of sp³-hybridized carbons (Fsp3) is 0.143. The number of pyridine rings is 1. The van der Waals surface area contributed by atoms with Gasteiger partial charge in [0.15, 0.2) is 12.4 Å². The van der Waals surface area contributed by atoms with Crippen molar-refractivity contribution in [2.45, 2.75) is 19.8 Å². The Bertz CT molecular complexity index is 1570. The van der Waals surface area contributed by atoms with E-state index < -0.39 is 17.4 Å². The van der Waals surface area contributed by atoms with Crippen molar-refractivity contribution in [1.29, 1.82) is 0 Å². The zero-order chi connectivity index (χ0) is 26.1. The van der Waals surface area contributed by atoms with E-state index in [1.165, 1.54) is 11.8 Å². The van der Waals surface area contributed by atoms with Crippen molar-refractivity contribution in [2.75, 3.05) is 12.0 Å². The Morgan fingerprint density at radius 3 is 2.16 bits per heavy atom. The summed E-state index contributed by atoms with van der Waals surface area (Å²) in [6.45, 7) is 1.98. The molecule has 2 aromatic heterocycles. The van der Waals surface area contributed by atoms with Gasteiger partial charge in [-0.3, -0.25) is 19.5 Å². The first-order valence-electron chi connectivity index (χ1n) is 11.8. The summed E-state index contributed by atoms with van der Waals surface area (Å²) in [7, 11) is 1.54. The summed E-state index contributed by atoms with van der Waals surface area (Å²) in [5, 5.41) is 3.70. The molecule has 1 aliphatic rings. The second-order valence-electron chi connectivity index (χ2n) is 8.48. The van der Waals surface area contributed by atoms with Crippen LogP contribution in [0, 0.1) is 0 Å². The number of aryl methyl sites for hydroxylation is 1. The predicted octanol–water partition coefficient (Wildman–Crippen LogP) is 4.01. The third-order valence-corrected chi connectivity index (χ3v) is 6.42. The molecule has 186 valence electrons. The first-order chi connectivity index (χ1) is 17.9. The number of anilines is 1. The molecule has 5 rings (SSSR count). The number of nitrogens with one attached hydrogen (secondary N) is 1. The lowest BCUT2D eigenvalue weighted by Crippen LogP contribution is -2.39. The summed E-state index contributed by atoms with van der Waals surface area (Å²) in [5.74, 6) is -0.504. The van der Waals surface area contributed by atoms with Crippen molar-refractivity contribution in [2.24, 2.45) is 0 Å². The minimum Gasteiger partial charge on any atom is -0.497 e. The molecule has 2 amide bonds. The van der Waals surface area contributed by atoms with E-state index in [0.717, 1.165) is 11.3 Å². The molecule has 0 saturated heterocycles. The third-order valence-electron chi connectivity index (χ3n) is 6.16. The highest BCUT2D eigenvalue weighted by Crippen LogP contribution is 2.34. The highest BCUT2D eigenvalue weighted by atomic mass is 35.5. The van der Waals surface area contributed by atoms with E-state index >= 15 is 0 Å². The molecule has 37 heavy (non-hydrogen) atoms. The number of carbonyl (C=O) groups excluding carboxylic acids is 2. The Labute approximate surface area is 218 Å². The molecular weight excluding hydrogens is 492 g/mol. The van der Waals surface area contributed by atoms with Crippen LogP contribution >= 0.6 is 11.6 Å². The van der Waals surface area contributed by atoms with Gasteiger partial charge in [0.05, 0.1) is 24.0 Å². The number of aromatic amines is 1. The number of imide groups is 1. The lowest BCUT2D eigenvalue weighted by Gasteiger charge is -2.14. The summed E-state index contributed by atoms with van der Waals surface area (Å²) in [6, 6.07) is 18.8. The smallest absolute Gasteiger partial charge is 0.331 e. The number of halogens is 1. The molecule has 0 spiro atoms. The van der Waals surface area contributed by atoms with Crippen molar-refractivity contribution in [3.63, 3.8) is 0 Å². The number of amides is 2. The van der Waals surface area contributed by atoms with Crippen LogP contribution in [0.15, 0.2) is 83.9 Å². The highest BCUT2D eigenvalue weighted by Gasteiger charge is 2.48. The maximum absolute atomic E-state index is 14.0. The summed E-state index contributed by atoms with van der Waals surface area (Å²) in [4.78, 5) is 42.7. The Morgan fingerprint density at radius 2 is 1.54 bits per heavy atom. The molecule has 9 heteroatoms. The molecule has 0 saturated carbocycles. The quantitative estimate of drug-likeness (QED) is 0.297. The normalized spacial score (nSPS) is 13.5. The SMILES string of the molecule is CCCc1[nH]n(-c2ccc(Cl)cc2)c(=O)c1C1=C([n+]2ccccc2)C(=O)N(c2ccc(OC)cc2)C1=O. The molecular formula is C28H24ClN4O4+. The van der Waals surface area contributed by atoms with Crippen LogP contribution in [0.5, 0.6) is 5.75 Å². The first kappa shape index (κ1) is 24.3. The van der Waals surface area contributed by atoms with E-state index in [4.69, 9.17) is 16.3 Å². The van der Waals surface area contributed by atoms with Gasteiger partial charge in [0.25, 0.3) is 17.2 Å². The number of ether oxygens (including phenoxy) is 1. The zero-order valence-corrected chi connectivity index (χ0v) is 21.0. The van der Waals surface area contributed by atoms with E-state index in [2.05, 4.69) is 5.10 Å². The molecule has 0 aliphatic carbocycles. The molecule has 0 radical (unpaired) electrons. The van der Waals surface area contributed by atoms with Gasteiger partial charge in [-0.05, 0) is 55.0 Å². The molecule has 1 N–H and O–H groups in total. The number of aromatic nitrogens is 3. The van der Waals surface area contributed by atoms with Crippen LogP contribution in [0.4, 0.5) is 5.69 Å². The van der Waals surface area contributed by atoms with Crippen molar-refractivity contribution >= 4 is 40.4 Å². The van der Waals surface area contributed by atoms with Crippen LogP contribution in [0.2, 0.25) is 5.02 Å². The maximum Gasteiger partial charge on any atom is 0.331 e. The van der Waals surface area contributed by atoms with Gasteiger partial charge in [0, 0.05) is 22.8 Å². The van der Waals surface area contributed by atoms with Crippen molar-refractivity contribution in [3.05, 3.63) is 106 Å². The average Bonchev–Trinajstić information content (AvgIpc) is 3.37. The van der Waals surface area contributed by atoms with E-state index in [9.17, 15) is 14.4 Å². The van der Waals surface area contributed by atoms with Crippen LogP contribution in [-0.2, 0) is 16.0 Å². The number of methoxy groups -OCH3 is 1. The van der Waals surface area contributed by atoms with E-state index in [0.29, 0.717) is 34.3 Å². The average molecular weight is 516 g/mol. The van der Waals surface area contributed by atoms with Crippen LogP contribution in [-0.4, -0.2) is 28.7 Å². The van der Waals surface area contributed by atoms with E-state index in [1.807, 2.05) is 13.0 Å². The van der Waals surface area contributed by atoms with Crippen molar-refractivity contribution in [3.8, 4) is 11.4 Å². The second-order valence-corrected chi connectivity index (χ2v) is 8.92. The number of hydrogen-bond donors (Lipinski definition) is 1. The van der Waals surface area contributed by atoms with Gasteiger partial charge < -0.3 is 4.74 Å². The molecule has 0 unspecified atom stereocenters. The van der Waals surface area contributed by atoms with Crippen molar-refractivity contribution < 1.29 is 18.9 Å². The molecule has 4 aromatic rings. The largest absolute Gasteiger partial charge is 0.497 e. The molecule has 1 aliphatic heterocycles. The predicted molar refractivity (Wildman–Crippen MR) is 141 cm³/mol. The van der Waals surface area contributed by atoms with E-state index in [-0.39, 0.29) is 16.8 Å². The number of nitrogens with zero attached hydrogens (tertiary/aromatic N) is 3. The number of H-pyrrole nitrogens is 1. The standard InChI is InChI=1S/C28H23ClN4O4/c1-3-7-22-23(27(35)33(30-22)20-10-8-18(29)9-11-20)24-25(31-16-5-4-6-17-31)28(36)32(26(24)34)19-12-14-21(37-2)15-13-19/h4-6,8-17H,3,7H2,1-2H3/p+1. The Morgan fingerprint density at radius 1 is 0.892 bits per heavy atom. The summed E-state index contributed by atoms with van der Waals surface area (Å²) in [5.41, 5.74) is 1.43. The van der Waals surface area contributed by atoms with Gasteiger partial charge in [0.2, 0.25) is 0 Å². The van der Waals surface area contributed by atoms with Crippen LogP contribution in [0.1, 0.15) is 24.6 Å². The van der Waals surface area contributed by atoms with Gasteiger partial charge in [0.1, 0.15) is 11.3 Å². The minimum absolute atomic E-state index is 0.0504. The molecule has 0 fully saturated rings. The van der Waals surface area contributed by atoms with Crippen LogP contribution in [0.3, 0.4) is 0 Å². The van der Waals surface area contributed by atoms with Gasteiger partial charge in [-0.1, -0.05) is 31.0 Å². The fourth-order valence-corrected chi connectivity index (χ4v) is 4.57. The number of rotatable bonds is 7.